The summed E-state index contributed by atoms with van der Waals surface area (Å²) < 4.78 is 10.1. The van der Waals surface area contributed by atoms with Crippen LogP contribution in [-0.2, 0) is 4.74 Å². The topological polar surface area (TPSA) is 51.5 Å². The molecule has 4 nitrogen and oxygen atoms in total. The molecule has 0 unspecified atom stereocenters. The Morgan fingerprint density at radius 2 is 2.05 bits per heavy atom. The van der Waals surface area contributed by atoms with Gasteiger partial charge in [0.2, 0.25) is 5.76 Å². The monoisotopic (exact) mass is 265 g/mol. The molecule has 0 bridgehead atoms. The number of esters is 1. The number of hydrogen-bond acceptors (Lipinski definition) is 4. The van der Waals surface area contributed by atoms with Crippen molar-refractivity contribution < 1.29 is 13.9 Å². The fourth-order valence-electron chi connectivity index (χ4n) is 1.57. The van der Waals surface area contributed by atoms with Crippen molar-refractivity contribution in [3.8, 4) is 0 Å². The fourth-order valence-corrected chi connectivity index (χ4v) is 1.57. The molecule has 0 amide bonds. The molecule has 1 aromatic rings. The first-order chi connectivity index (χ1) is 8.93. The standard InChI is InChI=1S/C15H23NO3/c1-10(2)12(9-16-11(3)4)8-13-6-7-14(19-13)15(17)18-5/h6-8,10-11,16H,9H2,1-5H3. The molecule has 1 rings (SSSR count). The molecule has 1 aromatic heterocycles. The summed E-state index contributed by atoms with van der Waals surface area (Å²) in [6, 6.07) is 3.85. The largest absolute Gasteiger partial charge is 0.463 e. The van der Waals surface area contributed by atoms with Crippen LogP contribution in [0, 0.1) is 5.92 Å². The van der Waals surface area contributed by atoms with Crippen LogP contribution in [0.4, 0.5) is 0 Å². The lowest BCUT2D eigenvalue weighted by atomic mass is 10.0. The Hall–Kier alpha value is -1.55. The predicted octanol–water partition coefficient (Wildman–Crippen LogP) is 3.10. The maximum absolute atomic E-state index is 11.3. The van der Waals surface area contributed by atoms with Gasteiger partial charge in [-0.2, -0.15) is 0 Å². The van der Waals surface area contributed by atoms with Crippen molar-refractivity contribution in [3.63, 3.8) is 0 Å². The molecule has 0 spiro atoms. The van der Waals surface area contributed by atoms with E-state index in [0.29, 0.717) is 17.7 Å². The minimum atomic E-state index is -0.453. The number of methoxy groups -OCH3 is 1. The van der Waals surface area contributed by atoms with Gasteiger partial charge in [-0.1, -0.05) is 33.3 Å². The highest BCUT2D eigenvalue weighted by Gasteiger charge is 2.11. The Balaban J connectivity index is 2.83. The molecule has 1 N–H and O–H groups in total. The van der Waals surface area contributed by atoms with E-state index in [9.17, 15) is 4.79 Å². The summed E-state index contributed by atoms with van der Waals surface area (Å²) in [6.07, 6.45) is 1.98. The van der Waals surface area contributed by atoms with E-state index in [0.717, 1.165) is 6.54 Å². The molecular weight excluding hydrogens is 242 g/mol. The molecule has 0 saturated heterocycles. The molecule has 0 fully saturated rings. The summed E-state index contributed by atoms with van der Waals surface area (Å²) in [7, 11) is 1.34. The number of hydrogen-bond donors (Lipinski definition) is 1. The van der Waals surface area contributed by atoms with Crippen molar-refractivity contribution in [2.75, 3.05) is 13.7 Å². The first kappa shape index (κ1) is 15.5. The Morgan fingerprint density at radius 1 is 1.37 bits per heavy atom. The van der Waals surface area contributed by atoms with Crippen LogP contribution >= 0.6 is 0 Å². The highest BCUT2D eigenvalue weighted by atomic mass is 16.5. The van der Waals surface area contributed by atoms with Gasteiger partial charge in [0, 0.05) is 12.6 Å². The molecule has 0 aromatic carbocycles. The quantitative estimate of drug-likeness (QED) is 0.803. The van der Waals surface area contributed by atoms with Gasteiger partial charge in [0.25, 0.3) is 0 Å². The van der Waals surface area contributed by atoms with Crippen molar-refractivity contribution in [3.05, 3.63) is 29.2 Å². The zero-order valence-corrected chi connectivity index (χ0v) is 12.3. The normalized spacial score (nSPS) is 12.3. The van der Waals surface area contributed by atoms with E-state index >= 15 is 0 Å². The first-order valence-corrected chi connectivity index (χ1v) is 6.56. The molecule has 0 saturated carbocycles. The number of carbonyl (C=O) groups is 1. The van der Waals surface area contributed by atoms with Crippen LogP contribution in [0.5, 0.6) is 0 Å². The van der Waals surface area contributed by atoms with Crippen LogP contribution in [0.15, 0.2) is 22.1 Å². The molecule has 0 aliphatic heterocycles. The van der Waals surface area contributed by atoms with Gasteiger partial charge in [-0.15, -0.1) is 0 Å². The summed E-state index contributed by atoms with van der Waals surface area (Å²) in [5.41, 5.74) is 1.24. The molecule has 4 heteroatoms. The first-order valence-electron chi connectivity index (χ1n) is 6.56. The van der Waals surface area contributed by atoms with E-state index in [4.69, 9.17) is 4.42 Å². The zero-order valence-electron chi connectivity index (χ0n) is 12.3. The van der Waals surface area contributed by atoms with E-state index in [1.807, 2.05) is 6.08 Å². The Kier molecular flexibility index (Phi) is 5.83. The molecular formula is C15H23NO3. The number of carbonyl (C=O) groups excluding carboxylic acids is 1. The number of rotatable bonds is 6. The Bertz CT molecular complexity index is 444. The lowest BCUT2D eigenvalue weighted by Crippen LogP contribution is -2.26. The van der Waals surface area contributed by atoms with Gasteiger partial charge in [0.05, 0.1) is 7.11 Å². The maximum atomic E-state index is 11.3. The number of nitrogens with one attached hydrogen (secondary N) is 1. The lowest BCUT2D eigenvalue weighted by Gasteiger charge is -2.14. The van der Waals surface area contributed by atoms with Crippen molar-refractivity contribution >= 4 is 12.0 Å². The fraction of sp³-hybridized carbons (Fsp3) is 0.533. The summed E-state index contributed by atoms with van der Waals surface area (Å²) in [5.74, 6) is 0.868. The number of furan rings is 1. The van der Waals surface area contributed by atoms with Gasteiger partial charge in [-0.3, -0.25) is 0 Å². The van der Waals surface area contributed by atoms with Crippen molar-refractivity contribution in [1.29, 1.82) is 0 Å². The van der Waals surface area contributed by atoms with E-state index in [-0.39, 0.29) is 5.76 Å². The molecule has 1 heterocycles. The van der Waals surface area contributed by atoms with Crippen molar-refractivity contribution in [1.82, 2.24) is 5.32 Å². The second-order valence-corrected chi connectivity index (χ2v) is 5.10. The summed E-state index contributed by atoms with van der Waals surface area (Å²) in [4.78, 5) is 11.3. The van der Waals surface area contributed by atoms with E-state index in [1.54, 1.807) is 12.1 Å². The van der Waals surface area contributed by atoms with E-state index in [1.165, 1.54) is 12.7 Å². The van der Waals surface area contributed by atoms with Crippen LogP contribution in [0.3, 0.4) is 0 Å². The van der Waals surface area contributed by atoms with Gasteiger partial charge in [0.15, 0.2) is 0 Å². The highest BCUT2D eigenvalue weighted by Crippen LogP contribution is 2.17. The van der Waals surface area contributed by atoms with E-state index in [2.05, 4.69) is 37.7 Å². The maximum Gasteiger partial charge on any atom is 0.373 e. The molecule has 0 radical (unpaired) electrons. The summed E-state index contributed by atoms with van der Waals surface area (Å²) in [5, 5.41) is 3.39. The predicted molar refractivity (Wildman–Crippen MR) is 76.0 cm³/mol. The third-order valence-corrected chi connectivity index (χ3v) is 2.80. The van der Waals surface area contributed by atoms with Crippen LogP contribution in [0.1, 0.15) is 44.0 Å². The SMILES string of the molecule is COC(=O)c1ccc(C=C(CNC(C)C)C(C)C)o1. The minimum Gasteiger partial charge on any atom is -0.463 e. The zero-order chi connectivity index (χ0) is 14.4. The summed E-state index contributed by atoms with van der Waals surface area (Å²) >= 11 is 0. The average Bonchev–Trinajstić information content (AvgIpc) is 2.81. The van der Waals surface area contributed by atoms with Gasteiger partial charge >= 0.3 is 5.97 Å². The van der Waals surface area contributed by atoms with Crippen molar-refractivity contribution in [2.24, 2.45) is 5.92 Å². The molecule has 0 aliphatic rings. The Morgan fingerprint density at radius 3 is 2.58 bits per heavy atom. The third-order valence-electron chi connectivity index (χ3n) is 2.80. The molecule has 106 valence electrons. The van der Waals surface area contributed by atoms with Gasteiger partial charge in [-0.05, 0) is 24.1 Å². The third kappa shape index (κ3) is 4.91. The smallest absolute Gasteiger partial charge is 0.373 e. The molecule has 19 heavy (non-hydrogen) atoms. The average molecular weight is 265 g/mol. The van der Waals surface area contributed by atoms with Gasteiger partial charge < -0.3 is 14.5 Å². The van der Waals surface area contributed by atoms with Crippen LogP contribution in [0.25, 0.3) is 6.08 Å². The van der Waals surface area contributed by atoms with Gasteiger partial charge in [-0.25, -0.2) is 4.79 Å². The summed E-state index contributed by atoms with van der Waals surface area (Å²) in [6.45, 7) is 9.31. The Labute approximate surface area is 114 Å². The highest BCUT2D eigenvalue weighted by molar-refractivity contribution is 5.86. The lowest BCUT2D eigenvalue weighted by molar-refractivity contribution is 0.0564. The second kappa shape index (κ2) is 7.14. The van der Waals surface area contributed by atoms with Gasteiger partial charge in [0.1, 0.15) is 5.76 Å². The van der Waals surface area contributed by atoms with Crippen LogP contribution < -0.4 is 5.32 Å². The van der Waals surface area contributed by atoms with Crippen LogP contribution in [0.2, 0.25) is 0 Å². The second-order valence-electron chi connectivity index (χ2n) is 5.10. The van der Waals surface area contributed by atoms with Crippen molar-refractivity contribution in [2.45, 2.75) is 33.7 Å². The van der Waals surface area contributed by atoms with E-state index < -0.39 is 5.97 Å². The number of ether oxygens (including phenoxy) is 1. The van der Waals surface area contributed by atoms with Crippen LogP contribution in [-0.4, -0.2) is 25.7 Å². The molecule has 0 aliphatic carbocycles. The minimum absolute atomic E-state index is 0.230. The molecule has 0 atom stereocenters.